The monoisotopic (exact) mass is 250 g/mol. The van der Waals surface area contributed by atoms with E-state index in [1.807, 2.05) is 0 Å². The fraction of sp³-hybridized carbons (Fsp3) is 0.500. The molecule has 0 saturated heterocycles. The second-order valence-corrected chi connectivity index (χ2v) is 4.66. The van der Waals surface area contributed by atoms with Crippen molar-refractivity contribution in [2.45, 2.75) is 38.3 Å². The standard InChI is InChI=1S/C14H16F2N2/c15-13-4-3-5-14(16)12(13)10-18(11-6-7-11)9-2-1-8-17/h3-5,11H,1-2,6-7,9-10H2. The minimum absolute atomic E-state index is 0.140. The van der Waals surface area contributed by atoms with Crippen molar-refractivity contribution in [2.75, 3.05) is 6.54 Å². The summed E-state index contributed by atoms with van der Waals surface area (Å²) >= 11 is 0. The number of rotatable bonds is 6. The minimum atomic E-state index is -0.485. The molecule has 1 fully saturated rings. The normalized spacial score (nSPS) is 14.8. The number of nitrogens with zero attached hydrogens (tertiary/aromatic N) is 2. The van der Waals surface area contributed by atoms with Crippen molar-refractivity contribution in [3.8, 4) is 6.07 Å². The van der Waals surface area contributed by atoms with E-state index in [1.165, 1.54) is 18.2 Å². The van der Waals surface area contributed by atoms with Crippen LogP contribution in [0, 0.1) is 23.0 Å². The molecule has 0 aliphatic heterocycles. The Morgan fingerprint density at radius 2 is 1.94 bits per heavy atom. The van der Waals surface area contributed by atoms with Crippen molar-refractivity contribution in [1.29, 1.82) is 5.26 Å². The molecule has 96 valence electrons. The maximum absolute atomic E-state index is 13.6. The van der Waals surface area contributed by atoms with E-state index in [2.05, 4.69) is 11.0 Å². The number of benzene rings is 1. The van der Waals surface area contributed by atoms with Crippen molar-refractivity contribution in [3.05, 3.63) is 35.4 Å². The van der Waals surface area contributed by atoms with Crippen LogP contribution in [0.4, 0.5) is 8.78 Å². The molecule has 0 N–H and O–H groups in total. The first-order chi connectivity index (χ1) is 8.72. The lowest BCUT2D eigenvalue weighted by molar-refractivity contribution is 0.245. The number of unbranched alkanes of at least 4 members (excludes halogenated alkanes) is 1. The summed E-state index contributed by atoms with van der Waals surface area (Å²) in [7, 11) is 0. The second kappa shape index (κ2) is 5.92. The summed E-state index contributed by atoms with van der Waals surface area (Å²) in [6, 6.07) is 6.49. The summed E-state index contributed by atoms with van der Waals surface area (Å²) in [4.78, 5) is 2.08. The van der Waals surface area contributed by atoms with Gasteiger partial charge in [-0.05, 0) is 37.9 Å². The van der Waals surface area contributed by atoms with E-state index in [0.29, 0.717) is 19.0 Å². The number of nitriles is 1. The van der Waals surface area contributed by atoms with Gasteiger partial charge in [-0.25, -0.2) is 8.78 Å². The molecule has 2 rings (SSSR count). The average molecular weight is 250 g/mol. The smallest absolute Gasteiger partial charge is 0.130 e. The largest absolute Gasteiger partial charge is 0.296 e. The van der Waals surface area contributed by atoms with Gasteiger partial charge in [-0.15, -0.1) is 0 Å². The number of hydrogen-bond acceptors (Lipinski definition) is 2. The molecule has 0 atom stereocenters. The molecule has 0 amide bonds. The second-order valence-electron chi connectivity index (χ2n) is 4.66. The number of hydrogen-bond donors (Lipinski definition) is 0. The first kappa shape index (κ1) is 13.0. The van der Waals surface area contributed by atoms with Crippen molar-refractivity contribution in [1.82, 2.24) is 4.90 Å². The highest BCUT2D eigenvalue weighted by atomic mass is 19.1. The van der Waals surface area contributed by atoms with Gasteiger partial charge in [-0.2, -0.15) is 5.26 Å². The van der Waals surface area contributed by atoms with E-state index in [1.54, 1.807) is 0 Å². The van der Waals surface area contributed by atoms with Crippen LogP contribution in [0.25, 0.3) is 0 Å². The first-order valence-corrected chi connectivity index (χ1v) is 6.26. The predicted molar refractivity (Wildman–Crippen MR) is 64.6 cm³/mol. The van der Waals surface area contributed by atoms with Gasteiger partial charge >= 0.3 is 0 Å². The Bertz CT molecular complexity index is 429. The third-order valence-electron chi connectivity index (χ3n) is 3.22. The first-order valence-electron chi connectivity index (χ1n) is 6.26. The molecule has 18 heavy (non-hydrogen) atoms. The van der Waals surface area contributed by atoms with E-state index in [9.17, 15) is 8.78 Å². The van der Waals surface area contributed by atoms with Crippen LogP contribution in [0.5, 0.6) is 0 Å². The maximum atomic E-state index is 13.6. The predicted octanol–water partition coefficient (Wildman–Crippen LogP) is 3.23. The molecule has 1 aliphatic rings. The third-order valence-corrected chi connectivity index (χ3v) is 3.22. The molecule has 4 heteroatoms. The van der Waals surface area contributed by atoms with Crippen LogP contribution < -0.4 is 0 Å². The summed E-state index contributed by atoms with van der Waals surface area (Å²) in [5.74, 6) is -0.970. The molecular formula is C14H16F2N2. The van der Waals surface area contributed by atoms with Gasteiger partial charge in [0.05, 0.1) is 6.07 Å². The molecular weight excluding hydrogens is 234 g/mol. The molecule has 0 bridgehead atoms. The van der Waals surface area contributed by atoms with Crippen molar-refractivity contribution >= 4 is 0 Å². The van der Waals surface area contributed by atoms with Crippen molar-refractivity contribution < 1.29 is 8.78 Å². The van der Waals surface area contributed by atoms with Crippen molar-refractivity contribution in [2.24, 2.45) is 0 Å². The molecule has 0 spiro atoms. The van der Waals surface area contributed by atoms with Gasteiger partial charge in [0, 0.05) is 24.6 Å². The quantitative estimate of drug-likeness (QED) is 0.725. The topological polar surface area (TPSA) is 27.0 Å². The molecule has 1 aromatic rings. The zero-order valence-electron chi connectivity index (χ0n) is 10.2. The molecule has 0 heterocycles. The van der Waals surface area contributed by atoms with E-state index in [0.717, 1.165) is 25.8 Å². The zero-order chi connectivity index (χ0) is 13.0. The zero-order valence-corrected chi connectivity index (χ0v) is 10.2. The molecule has 1 aromatic carbocycles. The summed E-state index contributed by atoms with van der Waals surface area (Å²) in [6.07, 6.45) is 3.41. The maximum Gasteiger partial charge on any atom is 0.130 e. The van der Waals surface area contributed by atoms with Crippen LogP contribution in [0.2, 0.25) is 0 Å². The van der Waals surface area contributed by atoms with Gasteiger partial charge in [-0.1, -0.05) is 6.07 Å². The summed E-state index contributed by atoms with van der Waals surface area (Å²) in [5.41, 5.74) is 0.140. The Kier molecular flexibility index (Phi) is 4.27. The molecule has 0 unspecified atom stereocenters. The summed E-state index contributed by atoms with van der Waals surface area (Å²) in [6.45, 7) is 1.03. The van der Waals surface area contributed by atoms with Crippen LogP contribution in [-0.4, -0.2) is 17.5 Å². The Labute approximate surface area is 106 Å². The van der Waals surface area contributed by atoms with E-state index >= 15 is 0 Å². The highest BCUT2D eigenvalue weighted by Crippen LogP contribution is 2.29. The SMILES string of the molecule is N#CCCCN(Cc1c(F)cccc1F)C1CC1. The van der Waals surface area contributed by atoms with Gasteiger partial charge in [-0.3, -0.25) is 4.90 Å². The Hall–Kier alpha value is -1.47. The molecule has 1 saturated carbocycles. The van der Waals surface area contributed by atoms with E-state index in [4.69, 9.17) is 5.26 Å². The molecule has 0 radical (unpaired) electrons. The van der Waals surface area contributed by atoms with Crippen LogP contribution in [-0.2, 0) is 6.54 Å². The van der Waals surface area contributed by atoms with E-state index in [-0.39, 0.29) is 5.56 Å². The molecule has 2 nitrogen and oxygen atoms in total. The van der Waals surface area contributed by atoms with Crippen LogP contribution in [0.1, 0.15) is 31.2 Å². The Morgan fingerprint density at radius 1 is 1.28 bits per heavy atom. The van der Waals surface area contributed by atoms with Crippen LogP contribution in [0.3, 0.4) is 0 Å². The highest BCUT2D eigenvalue weighted by molar-refractivity contribution is 5.19. The Morgan fingerprint density at radius 3 is 2.50 bits per heavy atom. The fourth-order valence-corrected chi connectivity index (χ4v) is 2.08. The minimum Gasteiger partial charge on any atom is -0.296 e. The van der Waals surface area contributed by atoms with Gasteiger partial charge < -0.3 is 0 Å². The Balaban J connectivity index is 2.02. The lowest BCUT2D eigenvalue weighted by Crippen LogP contribution is -2.27. The molecule has 0 aromatic heterocycles. The lowest BCUT2D eigenvalue weighted by atomic mass is 10.1. The lowest BCUT2D eigenvalue weighted by Gasteiger charge is -2.22. The van der Waals surface area contributed by atoms with Gasteiger partial charge in [0.15, 0.2) is 0 Å². The summed E-state index contributed by atoms with van der Waals surface area (Å²) in [5, 5.41) is 8.52. The number of halogens is 2. The van der Waals surface area contributed by atoms with Gasteiger partial charge in [0.25, 0.3) is 0 Å². The third kappa shape index (κ3) is 3.27. The molecule has 1 aliphatic carbocycles. The van der Waals surface area contributed by atoms with Gasteiger partial charge in [0.1, 0.15) is 11.6 Å². The fourth-order valence-electron chi connectivity index (χ4n) is 2.08. The summed E-state index contributed by atoms with van der Waals surface area (Å²) < 4.78 is 27.1. The van der Waals surface area contributed by atoms with Crippen LogP contribution in [0.15, 0.2) is 18.2 Å². The van der Waals surface area contributed by atoms with Gasteiger partial charge in [0.2, 0.25) is 0 Å². The van der Waals surface area contributed by atoms with E-state index < -0.39 is 11.6 Å². The average Bonchev–Trinajstić information content (AvgIpc) is 3.16. The van der Waals surface area contributed by atoms with Crippen LogP contribution >= 0.6 is 0 Å². The highest BCUT2D eigenvalue weighted by Gasteiger charge is 2.29. The van der Waals surface area contributed by atoms with Crippen molar-refractivity contribution in [3.63, 3.8) is 0 Å².